The third-order valence-electron chi connectivity index (χ3n) is 3.39. The molecule has 1 heterocycles. The summed E-state index contributed by atoms with van der Waals surface area (Å²) in [5.74, 6) is -0.0198. The maximum absolute atomic E-state index is 12.4. The Morgan fingerprint density at radius 1 is 1.33 bits per heavy atom. The largest absolute Gasteiger partial charge is 0.399 e. The SMILES string of the molecule is CCCCN(CC)C(=O)c1ccn(-c2cccc(N)c2)n1. The first kappa shape index (κ1) is 15.1. The molecule has 2 aromatic rings. The van der Waals surface area contributed by atoms with Gasteiger partial charge in [0.2, 0.25) is 0 Å². The minimum absolute atomic E-state index is 0.0198. The molecule has 2 rings (SSSR count). The first-order chi connectivity index (χ1) is 10.2. The summed E-state index contributed by atoms with van der Waals surface area (Å²) >= 11 is 0. The minimum atomic E-state index is -0.0198. The number of anilines is 1. The monoisotopic (exact) mass is 286 g/mol. The number of aromatic nitrogens is 2. The molecule has 2 N–H and O–H groups in total. The molecule has 0 bridgehead atoms. The minimum Gasteiger partial charge on any atom is -0.399 e. The van der Waals surface area contributed by atoms with E-state index < -0.39 is 0 Å². The number of nitrogens with two attached hydrogens (primary N) is 1. The van der Waals surface area contributed by atoms with Crippen molar-refractivity contribution in [1.82, 2.24) is 14.7 Å². The molecular weight excluding hydrogens is 264 g/mol. The van der Waals surface area contributed by atoms with Crippen molar-refractivity contribution < 1.29 is 4.79 Å². The van der Waals surface area contributed by atoms with Crippen LogP contribution in [0.2, 0.25) is 0 Å². The molecule has 0 unspecified atom stereocenters. The van der Waals surface area contributed by atoms with Gasteiger partial charge in [-0.2, -0.15) is 5.10 Å². The molecule has 0 aliphatic carbocycles. The maximum atomic E-state index is 12.4. The second-order valence-corrected chi connectivity index (χ2v) is 4.98. The summed E-state index contributed by atoms with van der Waals surface area (Å²) < 4.78 is 1.68. The molecule has 0 radical (unpaired) electrons. The van der Waals surface area contributed by atoms with Crippen molar-refractivity contribution in [2.75, 3.05) is 18.8 Å². The van der Waals surface area contributed by atoms with Crippen molar-refractivity contribution in [2.24, 2.45) is 0 Å². The molecule has 112 valence electrons. The predicted octanol–water partition coefficient (Wildman–Crippen LogP) is 2.72. The standard InChI is InChI=1S/C16H22N4O/c1-3-5-10-19(4-2)16(21)15-9-11-20(18-15)14-8-6-7-13(17)12-14/h6-9,11-12H,3-5,10,17H2,1-2H3. The lowest BCUT2D eigenvalue weighted by Gasteiger charge is -2.19. The van der Waals surface area contributed by atoms with E-state index in [4.69, 9.17) is 5.73 Å². The lowest BCUT2D eigenvalue weighted by atomic mass is 10.3. The molecule has 1 aromatic carbocycles. The molecule has 0 atom stereocenters. The third-order valence-corrected chi connectivity index (χ3v) is 3.39. The van der Waals surface area contributed by atoms with E-state index in [2.05, 4.69) is 12.0 Å². The van der Waals surface area contributed by atoms with Gasteiger partial charge in [-0.25, -0.2) is 4.68 Å². The Bertz CT molecular complexity index is 606. The predicted molar refractivity (Wildman–Crippen MR) is 84.5 cm³/mol. The highest BCUT2D eigenvalue weighted by Gasteiger charge is 2.16. The molecule has 0 saturated heterocycles. The van der Waals surface area contributed by atoms with Crippen LogP contribution in [0.4, 0.5) is 5.69 Å². The zero-order valence-corrected chi connectivity index (χ0v) is 12.6. The fourth-order valence-corrected chi connectivity index (χ4v) is 2.16. The van der Waals surface area contributed by atoms with Crippen LogP contribution in [0.1, 0.15) is 37.2 Å². The van der Waals surface area contributed by atoms with E-state index in [0.717, 1.165) is 25.1 Å². The number of hydrogen-bond acceptors (Lipinski definition) is 3. The summed E-state index contributed by atoms with van der Waals surface area (Å²) in [7, 11) is 0. The summed E-state index contributed by atoms with van der Waals surface area (Å²) in [4.78, 5) is 14.2. The number of unbranched alkanes of at least 4 members (excludes halogenated alkanes) is 1. The van der Waals surface area contributed by atoms with Crippen molar-refractivity contribution in [3.63, 3.8) is 0 Å². The summed E-state index contributed by atoms with van der Waals surface area (Å²) in [6.45, 7) is 5.58. The van der Waals surface area contributed by atoms with Gasteiger partial charge in [-0.05, 0) is 37.6 Å². The molecule has 5 heteroatoms. The Morgan fingerprint density at radius 3 is 2.81 bits per heavy atom. The number of hydrogen-bond donors (Lipinski definition) is 1. The van der Waals surface area contributed by atoms with Crippen LogP contribution in [-0.4, -0.2) is 33.7 Å². The Labute approximate surface area is 125 Å². The van der Waals surface area contributed by atoms with E-state index in [1.165, 1.54) is 0 Å². The number of nitrogen functional groups attached to an aromatic ring is 1. The smallest absolute Gasteiger partial charge is 0.274 e. The molecule has 1 aromatic heterocycles. The van der Waals surface area contributed by atoms with E-state index in [0.29, 0.717) is 17.9 Å². The van der Waals surface area contributed by atoms with Crippen LogP contribution < -0.4 is 5.73 Å². The molecule has 0 saturated carbocycles. The fourth-order valence-electron chi connectivity index (χ4n) is 2.16. The quantitative estimate of drug-likeness (QED) is 0.830. The van der Waals surface area contributed by atoms with E-state index in [1.54, 1.807) is 16.9 Å². The number of carbonyl (C=O) groups excluding carboxylic acids is 1. The van der Waals surface area contributed by atoms with Gasteiger partial charge in [0.05, 0.1) is 5.69 Å². The van der Waals surface area contributed by atoms with Gasteiger partial charge in [0, 0.05) is 25.0 Å². The van der Waals surface area contributed by atoms with Gasteiger partial charge in [0.25, 0.3) is 5.91 Å². The summed E-state index contributed by atoms with van der Waals surface area (Å²) in [6.07, 6.45) is 3.87. The molecular formula is C16H22N4O. The highest BCUT2D eigenvalue weighted by molar-refractivity contribution is 5.92. The number of nitrogens with zero attached hydrogens (tertiary/aromatic N) is 3. The van der Waals surface area contributed by atoms with Crippen LogP contribution in [-0.2, 0) is 0 Å². The second kappa shape index (κ2) is 6.92. The van der Waals surface area contributed by atoms with Gasteiger partial charge in [-0.15, -0.1) is 0 Å². The Kier molecular flexibility index (Phi) is 4.98. The lowest BCUT2D eigenvalue weighted by molar-refractivity contribution is 0.0756. The summed E-state index contributed by atoms with van der Waals surface area (Å²) in [6, 6.07) is 9.18. The molecule has 0 aliphatic heterocycles. The molecule has 0 spiro atoms. The van der Waals surface area contributed by atoms with Gasteiger partial charge in [0.15, 0.2) is 5.69 Å². The first-order valence-electron chi connectivity index (χ1n) is 7.36. The Hall–Kier alpha value is -2.30. The second-order valence-electron chi connectivity index (χ2n) is 4.98. The van der Waals surface area contributed by atoms with Gasteiger partial charge < -0.3 is 10.6 Å². The molecule has 21 heavy (non-hydrogen) atoms. The van der Waals surface area contributed by atoms with Crippen LogP contribution in [0.25, 0.3) is 5.69 Å². The first-order valence-corrected chi connectivity index (χ1v) is 7.36. The number of amides is 1. The van der Waals surface area contributed by atoms with Crippen LogP contribution >= 0.6 is 0 Å². The third kappa shape index (κ3) is 3.62. The lowest BCUT2D eigenvalue weighted by Crippen LogP contribution is -2.32. The van der Waals surface area contributed by atoms with Crippen LogP contribution in [0.3, 0.4) is 0 Å². The van der Waals surface area contributed by atoms with Crippen molar-refractivity contribution in [3.05, 3.63) is 42.2 Å². The average molecular weight is 286 g/mol. The van der Waals surface area contributed by atoms with Gasteiger partial charge in [-0.3, -0.25) is 4.79 Å². The normalized spacial score (nSPS) is 10.6. The van der Waals surface area contributed by atoms with Crippen LogP contribution in [0.5, 0.6) is 0 Å². The maximum Gasteiger partial charge on any atom is 0.274 e. The highest BCUT2D eigenvalue weighted by Crippen LogP contribution is 2.12. The van der Waals surface area contributed by atoms with Crippen molar-refractivity contribution in [2.45, 2.75) is 26.7 Å². The molecule has 0 fully saturated rings. The van der Waals surface area contributed by atoms with Gasteiger partial charge in [-0.1, -0.05) is 19.4 Å². The van der Waals surface area contributed by atoms with Gasteiger partial charge in [0.1, 0.15) is 0 Å². The topological polar surface area (TPSA) is 64.2 Å². The zero-order chi connectivity index (χ0) is 15.2. The fraction of sp³-hybridized carbons (Fsp3) is 0.375. The van der Waals surface area contributed by atoms with Gasteiger partial charge >= 0.3 is 0 Å². The van der Waals surface area contributed by atoms with E-state index >= 15 is 0 Å². The van der Waals surface area contributed by atoms with Crippen molar-refractivity contribution >= 4 is 11.6 Å². The number of carbonyl (C=O) groups is 1. The number of rotatable bonds is 6. The molecule has 5 nitrogen and oxygen atoms in total. The van der Waals surface area contributed by atoms with Crippen molar-refractivity contribution in [1.29, 1.82) is 0 Å². The molecule has 1 amide bonds. The zero-order valence-electron chi connectivity index (χ0n) is 12.6. The highest BCUT2D eigenvalue weighted by atomic mass is 16.2. The van der Waals surface area contributed by atoms with Crippen LogP contribution in [0.15, 0.2) is 36.5 Å². The van der Waals surface area contributed by atoms with E-state index in [-0.39, 0.29) is 5.91 Å². The van der Waals surface area contributed by atoms with Crippen LogP contribution in [0, 0.1) is 0 Å². The average Bonchev–Trinajstić information content (AvgIpc) is 2.97. The van der Waals surface area contributed by atoms with E-state index in [9.17, 15) is 4.79 Å². The summed E-state index contributed by atoms with van der Waals surface area (Å²) in [5.41, 5.74) is 7.77. The van der Waals surface area contributed by atoms with E-state index in [1.807, 2.05) is 36.1 Å². The molecule has 0 aliphatic rings. The Balaban J connectivity index is 2.17. The van der Waals surface area contributed by atoms with Crippen molar-refractivity contribution in [3.8, 4) is 5.69 Å². The number of benzene rings is 1. The summed E-state index contributed by atoms with van der Waals surface area (Å²) in [5, 5.41) is 4.37. The Morgan fingerprint density at radius 2 is 2.14 bits per heavy atom.